The Kier molecular flexibility index (Phi) is 11.2. The topological polar surface area (TPSA) is 121 Å². The number of aryl methyl sites for hydroxylation is 1. The van der Waals surface area contributed by atoms with Gasteiger partial charge in [-0.2, -0.15) is 8.42 Å². The monoisotopic (exact) mass is 330 g/mol. The molecule has 0 radical (unpaired) electrons. The predicted octanol–water partition coefficient (Wildman–Crippen LogP) is 2.71. The zero-order valence-corrected chi connectivity index (χ0v) is 14.4. The molecule has 0 spiro atoms. The van der Waals surface area contributed by atoms with Gasteiger partial charge in [-0.1, -0.05) is 30.7 Å². The highest BCUT2D eigenvalue weighted by atomic mass is 32.2. The highest BCUT2D eigenvalue weighted by molar-refractivity contribution is 7.86. The van der Waals surface area contributed by atoms with Crippen LogP contribution in [0.1, 0.15) is 32.8 Å². The van der Waals surface area contributed by atoms with E-state index < -0.39 is 10.1 Å². The van der Waals surface area contributed by atoms with Gasteiger partial charge >= 0.3 is 0 Å². The molecule has 0 saturated heterocycles. The maximum Gasteiger partial charge on any atom is 0.296 e. The van der Waals surface area contributed by atoms with Gasteiger partial charge in [0.15, 0.2) is 0 Å². The molecule has 1 amide bonds. The fraction of sp³-hybridized carbons (Fsp3) is 0.400. The fourth-order valence-electron chi connectivity index (χ4n) is 1.11. The molecule has 5 N–H and O–H groups in total. The Morgan fingerprint density at radius 3 is 2.09 bits per heavy atom. The first-order valence-electron chi connectivity index (χ1n) is 6.63. The fourth-order valence-corrected chi connectivity index (χ4v) is 2.10. The summed E-state index contributed by atoms with van der Waals surface area (Å²) in [5, 5.41) is 0. The maximum atomic E-state index is 11.5. The summed E-state index contributed by atoms with van der Waals surface area (Å²) in [4.78, 5) is 10.3. The molecule has 0 aliphatic heterocycles. The number of amides is 1. The lowest BCUT2D eigenvalue weighted by Gasteiger charge is -2.04. The summed E-state index contributed by atoms with van der Waals surface area (Å²) in [6.07, 6.45) is 2.37. The molecule has 0 saturated carbocycles. The average Bonchev–Trinajstić information content (AvgIpc) is 2.45. The Morgan fingerprint density at radius 2 is 1.77 bits per heavy atom. The molecule has 0 fully saturated rings. The van der Waals surface area contributed by atoms with Crippen LogP contribution in [-0.4, -0.2) is 20.9 Å². The third kappa shape index (κ3) is 8.56. The number of allylic oxidation sites excluding steroid dienone is 1. The summed E-state index contributed by atoms with van der Waals surface area (Å²) >= 11 is 0. The molecule has 126 valence electrons. The van der Waals surface area contributed by atoms with Crippen molar-refractivity contribution in [1.82, 2.24) is 6.15 Å². The third-order valence-corrected chi connectivity index (χ3v) is 3.90. The summed E-state index contributed by atoms with van der Waals surface area (Å²) < 4.78 is 27.7. The van der Waals surface area contributed by atoms with E-state index in [1.54, 1.807) is 44.2 Å². The van der Waals surface area contributed by atoms with E-state index in [4.69, 9.17) is 9.92 Å². The summed E-state index contributed by atoms with van der Waals surface area (Å²) in [7, 11) is -3.54. The van der Waals surface area contributed by atoms with Gasteiger partial charge in [-0.15, -0.1) is 0 Å². The largest absolute Gasteiger partial charge is 0.366 e. The summed E-state index contributed by atoms with van der Waals surface area (Å²) in [6.45, 7) is 7.46. The van der Waals surface area contributed by atoms with Gasteiger partial charge in [-0.3, -0.25) is 8.98 Å². The van der Waals surface area contributed by atoms with Crippen molar-refractivity contribution in [1.29, 1.82) is 0 Å². The average molecular weight is 330 g/mol. The minimum Gasteiger partial charge on any atom is -0.366 e. The molecule has 7 heteroatoms. The molecular weight excluding hydrogens is 304 g/mol. The first-order chi connectivity index (χ1) is 9.74. The van der Waals surface area contributed by atoms with Crippen molar-refractivity contribution in [2.45, 2.75) is 39.0 Å². The zero-order chi connectivity index (χ0) is 16.5. The van der Waals surface area contributed by atoms with E-state index in [-0.39, 0.29) is 23.6 Å². The molecule has 1 aromatic rings. The van der Waals surface area contributed by atoms with Gasteiger partial charge in [0, 0.05) is 5.57 Å². The number of hydrogen-bond donors (Lipinski definition) is 2. The minimum absolute atomic E-state index is 0. The van der Waals surface area contributed by atoms with Crippen LogP contribution >= 0.6 is 0 Å². The van der Waals surface area contributed by atoms with Crippen LogP contribution in [0.2, 0.25) is 0 Å². The van der Waals surface area contributed by atoms with Crippen molar-refractivity contribution in [3.63, 3.8) is 0 Å². The van der Waals surface area contributed by atoms with Gasteiger partial charge in [-0.05, 0) is 39.3 Å². The first-order valence-corrected chi connectivity index (χ1v) is 8.04. The summed E-state index contributed by atoms with van der Waals surface area (Å²) in [5.41, 5.74) is 6.48. The molecule has 6 nitrogen and oxygen atoms in total. The van der Waals surface area contributed by atoms with Crippen molar-refractivity contribution >= 4 is 16.0 Å². The molecule has 1 rings (SSSR count). The Hall–Kier alpha value is -1.70. The lowest BCUT2D eigenvalue weighted by Crippen LogP contribution is -2.10. The van der Waals surface area contributed by atoms with E-state index in [9.17, 15) is 13.2 Å². The zero-order valence-electron chi connectivity index (χ0n) is 13.6. The first kappa shape index (κ1) is 22.6. The van der Waals surface area contributed by atoms with Gasteiger partial charge in [0.1, 0.15) is 0 Å². The molecule has 0 bridgehead atoms. The molecule has 0 aliphatic carbocycles. The van der Waals surface area contributed by atoms with E-state index >= 15 is 0 Å². The minimum atomic E-state index is -3.54. The van der Waals surface area contributed by atoms with Crippen molar-refractivity contribution in [3.8, 4) is 0 Å². The van der Waals surface area contributed by atoms with Crippen LogP contribution in [0.15, 0.2) is 40.8 Å². The van der Waals surface area contributed by atoms with E-state index in [0.29, 0.717) is 12.0 Å². The molecular formula is C15H26N2O4S. The second-order valence-corrected chi connectivity index (χ2v) is 6.04. The number of rotatable bonds is 5. The standard InChI is InChI=1S/C10H14O3S.C5H9NO.H3N/c1-3-8-13-14(11,12)10-6-4-9(2)5-7-10;1-3-4(2)5(6)7;/h4-7H,3,8H2,1-2H3;3H,1-2H3,(H2,6,7);1H3. The number of carbonyl (C=O) groups is 1. The Morgan fingerprint density at radius 1 is 1.27 bits per heavy atom. The third-order valence-electron chi connectivity index (χ3n) is 2.57. The Balaban J connectivity index is 0. The molecule has 0 atom stereocenters. The smallest absolute Gasteiger partial charge is 0.296 e. The Labute approximate surface area is 133 Å². The number of primary amides is 1. The summed E-state index contributed by atoms with van der Waals surface area (Å²) in [6, 6.07) is 6.62. The van der Waals surface area contributed by atoms with Gasteiger partial charge in [0.25, 0.3) is 10.1 Å². The molecule has 0 heterocycles. The number of nitrogens with two attached hydrogens (primary N) is 1. The number of hydrogen-bond acceptors (Lipinski definition) is 5. The van der Waals surface area contributed by atoms with E-state index in [0.717, 1.165) is 5.56 Å². The lowest BCUT2D eigenvalue weighted by atomic mass is 10.2. The molecule has 22 heavy (non-hydrogen) atoms. The van der Waals surface area contributed by atoms with Gasteiger partial charge in [0.2, 0.25) is 5.91 Å². The highest BCUT2D eigenvalue weighted by Crippen LogP contribution is 2.13. The number of benzene rings is 1. The van der Waals surface area contributed by atoms with Gasteiger partial charge in [-0.25, -0.2) is 0 Å². The van der Waals surface area contributed by atoms with Crippen molar-refractivity contribution in [3.05, 3.63) is 41.5 Å². The second kappa shape index (κ2) is 10.9. The van der Waals surface area contributed by atoms with Crippen molar-refractivity contribution in [2.75, 3.05) is 6.61 Å². The van der Waals surface area contributed by atoms with Crippen molar-refractivity contribution in [2.24, 2.45) is 5.73 Å². The SMILES string of the molecule is CC=C(C)C(N)=O.CCCOS(=O)(=O)c1ccc(C)cc1.N. The van der Waals surface area contributed by atoms with E-state index in [1.807, 2.05) is 13.8 Å². The van der Waals surface area contributed by atoms with Crippen LogP contribution in [0.25, 0.3) is 0 Å². The predicted molar refractivity (Wildman–Crippen MR) is 88.3 cm³/mol. The van der Waals surface area contributed by atoms with Gasteiger partial charge < -0.3 is 11.9 Å². The lowest BCUT2D eigenvalue weighted by molar-refractivity contribution is -0.114. The van der Waals surface area contributed by atoms with Crippen LogP contribution in [-0.2, 0) is 19.1 Å². The molecule has 0 aromatic heterocycles. The molecule has 0 unspecified atom stereocenters. The van der Waals surface area contributed by atoms with Crippen molar-refractivity contribution < 1.29 is 17.4 Å². The Bertz CT molecular complexity index is 578. The van der Waals surface area contributed by atoms with Gasteiger partial charge in [0.05, 0.1) is 11.5 Å². The number of carbonyl (C=O) groups excluding carboxylic acids is 1. The molecule has 0 aliphatic rings. The van der Waals surface area contributed by atoms with Crippen LogP contribution in [0.5, 0.6) is 0 Å². The highest BCUT2D eigenvalue weighted by Gasteiger charge is 2.13. The quantitative estimate of drug-likeness (QED) is 0.635. The summed E-state index contributed by atoms with van der Waals surface area (Å²) in [5.74, 6) is -0.345. The van der Waals surface area contributed by atoms with E-state index in [1.165, 1.54) is 0 Å². The molecule has 1 aromatic carbocycles. The van der Waals surface area contributed by atoms with Crippen LogP contribution in [0.4, 0.5) is 0 Å². The second-order valence-electron chi connectivity index (χ2n) is 4.43. The van der Waals surface area contributed by atoms with E-state index in [2.05, 4.69) is 0 Å². The maximum absolute atomic E-state index is 11.5. The van der Waals surface area contributed by atoms with Crippen LogP contribution in [0, 0.1) is 6.92 Å². The van der Waals surface area contributed by atoms with Crippen LogP contribution < -0.4 is 11.9 Å². The normalized spacial score (nSPS) is 11.0. The van der Waals surface area contributed by atoms with Crippen LogP contribution in [0.3, 0.4) is 0 Å².